The van der Waals surface area contributed by atoms with Gasteiger partial charge in [0.25, 0.3) is 0 Å². The van der Waals surface area contributed by atoms with Crippen molar-refractivity contribution in [3.05, 3.63) is 12.7 Å². The monoisotopic (exact) mass is 158 g/mol. The molecule has 0 aliphatic carbocycles. The van der Waals surface area contributed by atoms with Gasteiger partial charge in [0, 0.05) is 32.7 Å². The number of allylic oxidation sites excluding steroid dienone is 1. The average Bonchev–Trinajstić information content (AvgIpc) is 1.38. The summed E-state index contributed by atoms with van der Waals surface area (Å²) in [6.07, 6.45) is 2.78. The first kappa shape index (κ1) is 9.96. The fourth-order valence-electron chi connectivity index (χ4n) is 0. The molecule has 0 atom stereocenters. The van der Waals surface area contributed by atoms with E-state index >= 15 is 0 Å². The minimum absolute atomic E-state index is 0. The van der Waals surface area contributed by atoms with Crippen LogP contribution in [-0.4, -0.2) is 0 Å². The van der Waals surface area contributed by atoms with Crippen molar-refractivity contribution >= 4 is 0 Å². The first-order valence-electron chi connectivity index (χ1n) is 1.80. The Labute approximate surface area is 64.9 Å². The number of rotatable bonds is 1. The SMILES string of the molecule is C=[C-]C(C)C.[Y]. The molecule has 1 heteroatoms. The van der Waals surface area contributed by atoms with Crippen LogP contribution in [0.4, 0.5) is 0 Å². The van der Waals surface area contributed by atoms with Gasteiger partial charge in [0.1, 0.15) is 0 Å². The van der Waals surface area contributed by atoms with Gasteiger partial charge in [-0.05, 0) is 0 Å². The standard InChI is InChI=1S/C5H9.Y/c1-4-5(2)3;/h5H,1H2,2-3H3;/q-1;. The molecule has 0 heterocycles. The van der Waals surface area contributed by atoms with Gasteiger partial charge in [0.2, 0.25) is 0 Å². The van der Waals surface area contributed by atoms with Gasteiger partial charge < -0.3 is 6.08 Å². The Balaban J connectivity index is 0. The summed E-state index contributed by atoms with van der Waals surface area (Å²) in [7, 11) is 0. The van der Waals surface area contributed by atoms with Crippen LogP contribution in [0.15, 0.2) is 6.58 Å². The third kappa shape index (κ3) is 8.85. The second kappa shape index (κ2) is 5.84. The van der Waals surface area contributed by atoms with Crippen LogP contribution in [0.25, 0.3) is 0 Å². The van der Waals surface area contributed by atoms with Gasteiger partial charge in [0.05, 0.1) is 0 Å². The van der Waals surface area contributed by atoms with E-state index in [4.69, 9.17) is 0 Å². The van der Waals surface area contributed by atoms with E-state index in [2.05, 4.69) is 12.7 Å². The van der Waals surface area contributed by atoms with Gasteiger partial charge in [-0.1, -0.05) is 13.8 Å². The van der Waals surface area contributed by atoms with Gasteiger partial charge in [-0.25, -0.2) is 0 Å². The fourth-order valence-corrected chi connectivity index (χ4v) is 0. The van der Waals surface area contributed by atoms with Crippen molar-refractivity contribution in [1.29, 1.82) is 0 Å². The molecule has 0 N–H and O–H groups in total. The van der Waals surface area contributed by atoms with E-state index in [-0.39, 0.29) is 32.7 Å². The summed E-state index contributed by atoms with van der Waals surface area (Å²) in [6, 6.07) is 0. The Kier molecular flexibility index (Phi) is 9.70. The third-order valence-corrected chi connectivity index (χ3v) is 0.408. The second-order valence-corrected chi connectivity index (χ2v) is 1.36. The Morgan fingerprint density at radius 1 is 1.50 bits per heavy atom. The predicted octanol–water partition coefficient (Wildman–Crippen LogP) is 1.63. The molecule has 0 fully saturated rings. The maximum atomic E-state index is 3.44. The van der Waals surface area contributed by atoms with E-state index in [9.17, 15) is 0 Å². The van der Waals surface area contributed by atoms with E-state index in [1.165, 1.54) is 0 Å². The van der Waals surface area contributed by atoms with Gasteiger partial charge in [-0.2, -0.15) is 5.92 Å². The van der Waals surface area contributed by atoms with E-state index in [1.54, 1.807) is 0 Å². The van der Waals surface area contributed by atoms with E-state index in [1.807, 2.05) is 13.8 Å². The predicted molar refractivity (Wildman–Crippen MR) is 23.7 cm³/mol. The maximum Gasteiger partial charge on any atom is 0 e. The van der Waals surface area contributed by atoms with Crippen molar-refractivity contribution in [3.63, 3.8) is 0 Å². The molecule has 1 radical (unpaired) electrons. The van der Waals surface area contributed by atoms with Gasteiger partial charge >= 0.3 is 0 Å². The maximum absolute atomic E-state index is 3.44. The van der Waals surface area contributed by atoms with E-state index in [0.29, 0.717) is 5.92 Å². The zero-order chi connectivity index (χ0) is 4.28. The molecular formula is C5H9Y-. The van der Waals surface area contributed by atoms with Crippen LogP contribution in [-0.2, 0) is 32.7 Å². The summed E-state index contributed by atoms with van der Waals surface area (Å²) < 4.78 is 0. The van der Waals surface area contributed by atoms with Crippen LogP contribution in [0.3, 0.4) is 0 Å². The topological polar surface area (TPSA) is 0 Å². The van der Waals surface area contributed by atoms with Crippen LogP contribution >= 0.6 is 0 Å². The normalized spacial score (nSPS) is 7.17. The van der Waals surface area contributed by atoms with Gasteiger partial charge in [0.15, 0.2) is 0 Å². The molecular weight excluding hydrogens is 149 g/mol. The quantitative estimate of drug-likeness (QED) is 0.508. The van der Waals surface area contributed by atoms with Crippen LogP contribution in [0.5, 0.6) is 0 Å². The number of hydrogen-bond acceptors (Lipinski definition) is 0. The van der Waals surface area contributed by atoms with Crippen LogP contribution in [0.1, 0.15) is 13.8 Å². The first-order chi connectivity index (χ1) is 2.27. The minimum Gasteiger partial charge on any atom is -0.501 e. The number of hydrogen-bond donors (Lipinski definition) is 0. The molecule has 0 amide bonds. The van der Waals surface area contributed by atoms with Crippen molar-refractivity contribution in [2.24, 2.45) is 5.92 Å². The van der Waals surface area contributed by atoms with Gasteiger partial charge in [-0.3, -0.25) is 6.58 Å². The van der Waals surface area contributed by atoms with Crippen molar-refractivity contribution in [3.8, 4) is 0 Å². The average molecular weight is 158 g/mol. The third-order valence-electron chi connectivity index (χ3n) is 0.408. The Bertz CT molecular complexity index is 30.9. The van der Waals surface area contributed by atoms with Gasteiger partial charge in [-0.15, -0.1) is 0 Å². The summed E-state index contributed by atoms with van der Waals surface area (Å²) in [4.78, 5) is 0. The smallest absolute Gasteiger partial charge is 0 e. The van der Waals surface area contributed by atoms with Crippen molar-refractivity contribution in [2.75, 3.05) is 0 Å². The molecule has 6 heavy (non-hydrogen) atoms. The van der Waals surface area contributed by atoms with Crippen LogP contribution in [0, 0.1) is 12.0 Å². The Hall–Kier alpha value is 0.844. The fraction of sp³-hybridized carbons (Fsp3) is 0.600. The molecule has 33 valence electrons. The Morgan fingerprint density at radius 3 is 1.67 bits per heavy atom. The zero-order valence-electron chi connectivity index (χ0n) is 4.36. The summed E-state index contributed by atoms with van der Waals surface area (Å²) >= 11 is 0. The molecule has 0 aromatic rings. The summed E-state index contributed by atoms with van der Waals surface area (Å²) in [5.41, 5.74) is 0. The second-order valence-electron chi connectivity index (χ2n) is 1.36. The molecule has 0 rings (SSSR count). The molecule has 0 spiro atoms. The molecule has 0 saturated heterocycles. The molecule has 0 aliphatic rings. The molecule has 0 saturated carbocycles. The molecule has 0 bridgehead atoms. The van der Waals surface area contributed by atoms with E-state index in [0.717, 1.165) is 0 Å². The molecule has 0 nitrogen and oxygen atoms in total. The van der Waals surface area contributed by atoms with E-state index < -0.39 is 0 Å². The molecule has 0 aromatic heterocycles. The molecule has 0 aromatic carbocycles. The van der Waals surface area contributed by atoms with Crippen molar-refractivity contribution in [2.45, 2.75) is 13.8 Å². The Morgan fingerprint density at radius 2 is 1.67 bits per heavy atom. The summed E-state index contributed by atoms with van der Waals surface area (Å²) in [6.45, 7) is 7.53. The van der Waals surface area contributed by atoms with Crippen LogP contribution in [0.2, 0.25) is 0 Å². The van der Waals surface area contributed by atoms with Crippen LogP contribution < -0.4 is 0 Å². The zero-order valence-corrected chi connectivity index (χ0v) is 7.20. The summed E-state index contributed by atoms with van der Waals surface area (Å²) in [5.74, 6) is 0.523. The molecule has 0 aliphatic heterocycles. The van der Waals surface area contributed by atoms with Crippen molar-refractivity contribution < 1.29 is 32.7 Å². The largest absolute Gasteiger partial charge is 0.501 e. The minimum atomic E-state index is 0. The first-order valence-corrected chi connectivity index (χ1v) is 1.80. The molecule has 0 unspecified atom stereocenters. The summed E-state index contributed by atoms with van der Waals surface area (Å²) in [5, 5.41) is 0. The van der Waals surface area contributed by atoms with Crippen molar-refractivity contribution in [1.82, 2.24) is 0 Å².